The number of nitrogens with one attached hydrogen (secondary N) is 1. The van der Waals surface area contributed by atoms with Crippen molar-refractivity contribution < 1.29 is 4.39 Å². The number of nitrogen functional groups attached to an aromatic ring is 1. The summed E-state index contributed by atoms with van der Waals surface area (Å²) >= 11 is 1.57. The smallest absolute Gasteiger partial charge is 0.183 e. The van der Waals surface area contributed by atoms with Crippen LogP contribution in [0.25, 0.3) is 22.1 Å². The van der Waals surface area contributed by atoms with Gasteiger partial charge in [0, 0.05) is 11.3 Å². The molecule has 3 rings (SSSR count). The molecule has 0 aliphatic rings. The van der Waals surface area contributed by atoms with E-state index in [0.29, 0.717) is 22.9 Å². The number of anilines is 1. The molecule has 0 aliphatic carbocycles. The highest BCUT2D eigenvalue weighted by atomic mass is 32.1. The third-order valence-corrected chi connectivity index (χ3v) is 3.37. The molecule has 0 spiro atoms. The van der Waals surface area contributed by atoms with E-state index in [1.807, 2.05) is 17.5 Å². The second-order valence-corrected chi connectivity index (χ2v) is 4.66. The summed E-state index contributed by atoms with van der Waals surface area (Å²) in [5.41, 5.74) is 6.70. The van der Waals surface area contributed by atoms with Gasteiger partial charge in [-0.15, -0.1) is 11.3 Å². The first-order valence-corrected chi connectivity index (χ1v) is 6.13. The fraction of sp³-hybridized carbons (Fsp3) is 0. The average molecular weight is 260 g/mol. The van der Waals surface area contributed by atoms with Gasteiger partial charge >= 0.3 is 0 Å². The number of nitrogens with two attached hydrogens (primary N) is 1. The minimum absolute atomic E-state index is 0.326. The van der Waals surface area contributed by atoms with Gasteiger partial charge in [0.1, 0.15) is 5.82 Å². The van der Waals surface area contributed by atoms with Gasteiger partial charge in [0.15, 0.2) is 11.6 Å². The number of hydrogen-bond acceptors (Lipinski definition) is 4. The molecule has 0 unspecified atom stereocenters. The number of aromatic nitrogens is 3. The zero-order valence-electron chi connectivity index (χ0n) is 9.22. The molecule has 0 aliphatic heterocycles. The number of aromatic amines is 1. The van der Waals surface area contributed by atoms with Crippen LogP contribution in [0.4, 0.5) is 10.1 Å². The minimum Gasteiger partial charge on any atom is -0.398 e. The van der Waals surface area contributed by atoms with Crippen molar-refractivity contribution in [1.29, 1.82) is 0 Å². The van der Waals surface area contributed by atoms with Gasteiger partial charge in [-0.05, 0) is 29.6 Å². The fourth-order valence-electron chi connectivity index (χ4n) is 1.64. The molecule has 18 heavy (non-hydrogen) atoms. The Morgan fingerprint density at radius 1 is 1.28 bits per heavy atom. The highest BCUT2D eigenvalue weighted by molar-refractivity contribution is 7.13. The van der Waals surface area contributed by atoms with Crippen molar-refractivity contribution in [2.75, 3.05) is 5.73 Å². The Labute approximate surface area is 106 Å². The molecule has 0 bridgehead atoms. The summed E-state index contributed by atoms with van der Waals surface area (Å²) in [5.74, 6) is 0.782. The lowest BCUT2D eigenvalue weighted by Crippen LogP contribution is -1.92. The predicted molar refractivity (Wildman–Crippen MR) is 69.5 cm³/mol. The molecule has 4 nitrogen and oxygen atoms in total. The maximum atomic E-state index is 13.0. The number of benzene rings is 1. The van der Waals surface area contributed by atoms with Crippen molar-refractivity contribution in [2.45, 2.75) is 0 Å². The van der Waals surface area contributed by atoms with E-state index in [2.05, 4.69) is 15.2 Å². The number of halogens is 1. The van der Waals surface area contributed by atoms with Crippen molar-refractivity contribution in [3.05, 3.63) is 41.5 Å². The van der Waals surface area contributed by atoms with Crippen molar-refractivity contribution in [3.63, 3.8) is 0 Å². The zero-order chi connectivity index (χ0) is 12.5. The Morgan fingerprint density at radius 3 is 2.89 bits per heavy atom. The molecule has 3 N–H and O–H groups in total. The van der Waals surface area contributed by atoms with Gasteiger partial charge in [0.2, 0.25) is 0 Å². The molecular weight excluding hydrogens is 251 g/mol. The Bertz CT molecular complexity index is 675. The third kappa shape index (κ3) is 1.86. The Morgan fingerprint density at radius 2 is 2.17 bits per heavy atom. The molecule has 0 radical (unpaired) electrons. The van der Waals surface area contributed by atoms with Crippen molar-refractivity contribution in [3.8, 4) is 22.1 Å². The molecule has 6 heteroatoms. The van der Waals surface area contributed by atoms with E-state index in [4.69, 9.17) is 5.73 Å². The topological polar surface area (TPSA) is 67.6 Å². The number of thiophene rings is 1. The molecule has 1 aromatic carbocycles. The monoisotopic (exact) mass is 260 g/mol. The largest absolute Gasteiger partial charge is 0.398 e. The van der Waals surface area contributed by atoms with E-state index in [0.717, 1.165) is 4.88 Å². The van der Waals surface area contributed by atoms with E-state index in [9.17, 15) is 4.39 Å². The molecule has 0 saturated carbocycles. The SMILES string of the molecule is Nc1cc(F)ccc1-c1n[nH]c(-c2cccs2)n1. The molecule has 2 aromatic heterocycles. The average Bonchev–Trinajstić information content (AvgIpc) is 2.99. The second-order valence-electron chi connectivity index (χ2n) is 3.72. The highest BCUT2D eigenvalue weighted by Gasteiger charge is 2.11. The van der Waals surface area contributed by atoms with E-state index >= 15 is 0 Å². The normalized spacial score (nSPS) is 10.7. The van der Waals surface area contributed by atoms with Gasteiger partial charge in [-0.3, -0.25) is 5.10 Å². The van der Waals surface area contributed by atoms with Gasteiger partial charge in [0.05, 0.1) is 4.88 Å². The molecular formula is C12H9FN4S. The van der Waals surface area contributed by atoms with E-state index < -0.39 is 0 Å². The first-order valence-electron chi connectivity index (χ1n) is 5.26. The summed E-state index contributed by atoms with van der Waals surface area (Å²) in [4.78, 5) is 5.35. The maximum Gasteiger partial charge on any atom is 0.183 e. The van der Waals surface area contributed by atoms with Gasteiger partial charge < -0.3 is 5.73 Å². The molecule has 2 heterocycles. The number of H-pyrrole nitrogens is 1. The first kappa shape index (κ1) is 10.9. The zero-order valence-corrected chi connectivity index (χ0v) is 10.0. The van der Waals surface area contributed by atoms with Crippen LogP contribution in [-0.4, -0.2) is 15.2 Å². The summed E-state index contributed by atoms with van der Waals surface area (Å²) < 4.78 is 13.0. The second kappa shape index (κ2) is 4.23. The van der Waals surface area contributed by atoms with Gasteiger partial charge in [-0.1, -0.05) is 6.07 Å². The number of rotatable bonds is 2. The lowest BCUT2D eigenvalue weighted by atomic mass is 10.1. The van der Waals surface area contributed by atoms with E-state index in [1.54, 1.807) is 17.4 Å². The van der Waals surface area contributed by atoms with Gasteiger partial charge in [0.25, 0.3) is 0 Å². The quantitative estimate of drug-likeness (QED) is 0.696. The lowest BCUT2D eigenvalue weighted by Gasteiger charge is -2.00. The standard InChI is InChI=1S/C12H9FN4S/c13-7-3-4-8(9(14)6-7)11-15-12(17-16-11)10-2-1-5-18-10/h1-6H,14H2,(H,15,16,17). The van der Waals surface area contributed by atoms with Crippen LogP contribution in [-0.2, 0) is 0 Å². The molecule has 0 atom stereocenters. The van der Waals surface area contributed by atoms with Gasteiger partial charge in [-0.25, -0.2) is 9.37 Å². The molecule has 90 valence electrons. The Hall–Kier alpha value is -2.21. The molecule has 3 aromatic rings. The lowest BCUT2D eigenvalue weighted by molar-refractivity contribution is 0.628. The van der Waals surface area contributed by atoms with Crippen molar-refractivity contribution in [1.82, 2.24) is 15.2 Å². The van der Waals surface area contributed by atoms with E-state index in [1.165, 1.54) is 12.1 Å². The number of nitrogens with zero attached hydrogens (tertiary/aromatic N) is 2. The van der Waals surface area contributed by atoms with Crippen molar-refractivity contribution >= 4 is 17.0 Å². The molecule has 0 saturated heterocycles. The van der Waals surface area contributed by atoms with Crippen LogP contribution < -0.4 is 5.73 Å². The summed E-state index contributed by atoms with van der Waals surface area (Å²) in [6.07, 6.45) is 0. The highest BCUT2D eigenvalue weighted by Crippen LogP contribution is 2.26. The number of hydrogen-bond donors (Lipinski definition) is 2. The third-order valence-electron chi connectivity index (χ3n) is 2.49. The summed E-state index contributed by atoms with van der Waals surface area (Å²) in [7, 11) is 0. The summed E-state index contributed by atoms with van der Waals surface area (Å²) in [6, 6.07) is 8.06. The fourth-order valence-corrected chi connectivity index (χ4v) is 2.31. The van der Waals surface area contributed by atoms with Crippen LogP contribution >= 0.6 is 11.3 Å². The van der Waals surface area contributed by atoms with Crippen LogP contribution in [0, 0.1) is 5.82 Å². The van der Waals surface area contributed by atoms with Crippen LogP contribution in [0.3, 0.4) is 0 Å². The Balaban J connectivity index is 2.03. The first-order chi connectivity index (χ1) is 8.74. The van der Waals surface area contributed by atoms with Gasteiger partial charge in [-0.2, -0.15) is 5.10 Å². The maximum absolute atomic E-state index is 13.0. The summed E-state index contributed by atoms with van der Waals surface area (Å²) in [5, 5.41) is 8.91. The Kier molecular flexibility index (Phi) is 2.56. The predicted octanol–water partition coefficient (Wildman–Crippen LogP) is 2.92. The van der Waals surface area contributed by atoms with Crippen LogP contribution in [0.15, 0.2) is 35.7 Å². The van der Waals surface area contributed by atoms with Crippen molar-refractivity contribution in [2.24, 2.45) is 0 Å². The molecule has 0 fully saturated rings. The van der Waals surface area contributed by atoms with Crippen LogP contribution in [0.1, 0.15) is 0 Å². The van der Waals surface area contributed by atoms with E-state index in [-0.39, 0.29) is 5.82 Å². The van der Waals surface area contributed by atoms with Crippen LogP contribution in [0.2, 0.25) is 0 Å². The molecule has 0 amide bonds. The summed E-state index contributed by atoms with van der Waals surface area (Å²) in [6.45, 7) is 0. The van der Waals surface area contributed by atoms with Crippen LogP contribution in [0.5, 0.6) is 0 Å². The minimum atomic E-state index is -0.370.